The first-order valence-electron chi connectivity index (χ1n) is 6.35. The van der Waals surface area contributed by atoms with Crippen LogP contribution < -0.4 is 5.32 Å². The Bertz CT molecular complexity index is 267. The molecule has 1 fully saturated rings. The normalized spacial score (nSPS) is 19.3. The van der Waals surface area contributed by atoms with Crippen molar-refractivity contribution in [3.05, 3.63) is 0 Å². The molecule has 0 bridgehead atoms. The van der Waals surface area contributed by atoms with Crippen LogP contribution in [0.25, 0.3) is 0 Å². The van der Waals surface area contributed by atoms with Crippen molar-refractivity contribution in [3.8, 4) is 12.3 Å². The number of carbonyl (C=O) groups is 1. The highest BCUT2D eigenvalue weighted by molar-refractivity contribution is 5.79. The summed E-state index contributed by atoms with van der Waals surface area (Å²) < 4.78 is 0. The SMILES string of the molecule is C#CC(C)(C)NC(=O)C1CCCCCCC1. The van der Waals surface area contributed by atoms with E-state index < -0.39 is 5.54 Å². The van der Waals surface area contributed by atoms with Gasteiger partial charge in [0, 0.05) is 5.92 Å². The van der Waals surface area contributed by atoms with Crippen LogP contribution in [0.5, 0.6) is 0 Å². The fraction of sp³-hybridized carbons (Fsp3) is 0.786. The standard InChI is InChI=1S/C14H23NO/c1-4-14(2,3)15-13(16)12-10-8-6-5-7-9-11-12/h1,12H,5-11H2,2-3H3,(H,15,16). The van der Waals surface area contributed by atoms with Gasteiger partial charge in [0.2, 0.25) is 5.91 Å². The number of terminal acetylenes is 1. The van der Waals surface area contributed by atoms with Crippen molar-refractivity contribution in [2.45, 2.75) is 64.3 Å². The molecule has 0 aromatic rings. The van der Waals surface area contributed by atoms with Crippen LogP contribution >= 0.6 is 0 Å². The highest BCUT2D eigenvalue weighted by Gasteiger charge is 2.24. The van der Waals surface area contributed by atoms with Gasteiger partial charge in [-0.15, -0.1) is 6.42 Å². The summed E-state index contributed by atoms with van der Waals surface area (Å²) in [5.74, 6) is 2.92. The van der Waals surface area contributed by atoms with E-state index in [4.69, 9.17) is 6.42 Å². The molecule has 1 N–H and O–H groups in total. The summed E-state index contributed by atoms with van der Waals surface area (Å²) in [5, 5.41) is 2.95. The summed E-state index contributed by atoms with van der Waals surface area (Å²) >= 11 is 0. The molecule has 1 aliphatic rings. The van der Waals surface area contributed by atoms with Crippen molar-refractivity contribution < 1.29 is 4.79 Å². The Balaban J connectivity index is 2.48. The van der Waals surface area contributed by atoms with Gasteiger partial charge in [-0.25, -0.2) is 0 Å². The molecule has 1 rings (SSSR count). The van der Waals surface area contributed by atoms with Gasteiger partial charge in [-0.2, -0.15) is 0 Å². The molecule has 90 valence electrons. The van der Waals surface area contributed by atoms with Gasteiger partial charge in [0.15, 0.2) is 0 Å². The van der Waals surface area contributed by atoms with Crippen LogP contribution in [0, 0.1) is 18.3 Å². The van der Waals surface area contributed by atoms with E-state index in [1.54, 1.807) is 0 Å². The average Bonchev–Trinajstić information content (AvgIpc) is 2.16. The van der Waals surface area contributed by atoms with Crippen LogP contribution in [0.3, 0.4) is 0 Å². The third-order valence-electron chi connectivity index (χ3n) is 3.27. The summed E-state index contributed by atoms with van der Waals surface area (Å²) in [5.41, 5.74) is -0.514. The summed E-state index contributed by atoms with van der Waals surface area (Å²) in [4.78, 5) is 12.0. The van der Waals surface area contributed by atoms with Crippen molar-refractivity contribution in [3.63, 3.8) is 0 Å². The van der Waals surface area contributed by atoms with E-state index in [1.807, 2.05) is 13.8 Å². The largest absolute Gasteiger partial charge is 0.340 e. The van der Waals surface area contributed by atoms with Gasteiger partial charge in [-0.1, -0.05) is 38.0 Å². The number of hydrogen-bond donors (Lipinski definition) is 1. The van der Waals surface area contributed by atoms with Crippen LogP contribution in [0.15, 0.2) is 0 Å². The lowest BCUT2D eigenvalue weighted by Crippen LogP contribution is -2.45. The monoisotopic (exact) mass is 221 g/mol. The maximum Gasteiger partial charge on any atom is 0.224 e. The lowest BCUT2D eigenvalue weighted by atomic mass is 9.90. The molecule has 0 aliphatic heterocycles. The Labute approximate surface area is 99.2 Å². The highest BCUT2D eigenvalue weighted by atomic mass is 16.2. The van der Waals surface area contributed by atoms with Crippen LogP contribution in [-0.2, 0) is 4.79 Å². The van der Waals surface area contributed by atoms with Gasteiger partial charge in [0.1, 0.15) is 0 Å². The molecule has 0 spiro atoms. The molecule has 0 saturated heterocycles. The topological polar surface area (TPSA) is 29.1 Å². The lowest BCUT2D eigenvalue weighted by Gasteiger charge is -2.25. The van der Waals surface area contributed by atoms with Crippen LogP contribution in [0.4, 0.5) is 0 Å². The molecule has 16 heavy (non-hydrogen) atoms. The van der Waals surface area contributed by atoms with Crippen molar-refractivity contribution >= 4 is 5.91 Å². The first-order valence-corrected chi connectivity index (χ1v) is 6.35. The number of hydrogen-bond acceptors (Lipinski definition) is 1. The van der Waals surface area contributed by atoms with Gasteiger partial charge in [-0.05, 0) is 26.7 Å². The zero-order chi connectivity index (χ0) is 12.0. The minimum Gasteiger partial charge on any atom is -0.340 e. The second-order valence-electron chi connectivity index (χ2n) is 5.30. The Kier molecular flexibility index (Phi) is 4.86. The zero-order valence-corrected chi connectivity index (χ0v) is 10.5. The van der Waals surface area contributed by atoms with Crippen molar-refractivity contribution in [2.75, 3.05) is 0 Å². The molecule has 1 aliphatic carbocycles. The minimum absolute atomic E-state index is 0.143. The van der Waals surface area contributed by atoms with Gasteiger partial charge >= 0.3 is 0 Å². The van der Waals surface area contributed by atoms with Crippen molar-refractivity contribution in [1.82, 2.24) is 5.32 Å². The summed E-state index contributed by atoms with van der Waals surface area (Å²) in [7, 11) is 0. The van der Waals surface area contributed by atoms with Crippen LogP contribution in [0.1, 0.15) is 58.8 Å². The summed E-state index contributed by atoms with van der Waals surface area (Å²) in [6.07, 6.45) is 13.6. The molecule has 0 unspecified atom stereocenters. The molecule has 0 aromatic carbocycles. The van der Waals surface area contributed by atoms with Gasteiger partial charge < -0.3 is 5.32 Å². The molecule has 2 heteroatoms. The van der Waals surface area contributed by atoms with Crippen molar-refractivity contribution in [1.29, 1.82) is 0 Å². The Morgan fingerprint density at radius 2 is 1.69 bits per heavy atom. The first-order chi connectivity index (χ1) is 7.55. The Morgan fingerprint density at radius 1 is 1.19 bits per heavy atom. The number of amides is 1. The maximum absolute atomic E-state index is 12.0. The molecule has 0 atom stereocenters. The molecule has 1 amide bonds. The van der Waals surface area contributed by atoms with E-state index in [1.165, 1.54) is 32.1 Å². The molecular weight excluding hydrogens is 198 g/mol. The minimum atomic E-state index is -0.514. The molecular formula is C14H23NO. The van der Waals surface area contributed by atoms with E-state index >= 15 is 0 Å². The lowest BCUT2D eigenvalue weighted by molar-refractivity contribution is -0.126. The maximum atomic E-state index is 12.0. The first kappa shape index (κ1) is 13.1. The van der Waals surface area contributed by atoms with Crippen LogP contribution in [-0.4, -0.2) is 11.4 Å². The molecule has 1 saturated carbocycles. The predicted molar refractivity (Wildman–Crippen MR) is 66.9 cm³/mol. The summed E-state index contributed by atoms with van der Waals surface area (Å²) in [6.45, 7) is 3.74. The Hall–Kier alpha value is -0.970. The highest BCUT2D eigenvalue weighted by Crippen LogP contribution is 2.22. The second kappa shape index (κ2) is 5.94. The van der Waals surface area contributed by atoms with Crippen LogP contribution in [0.2, 0.25) is 0 Å². The third kappa shape index (κ3) is 4.26. The quantitative estimate of drug-likeness (QED) is 0.714. The molecule has 0 radical (unpaired) electrons. The fourth-order valence-electron chi connectivity index (χ4n) is 2.16. The van der Waals surface area contributed by atoms with E-state index in [2.05, 4.69) is 11.2 Å². The molecule has 2 nitrogen and oxygen atoms in total. The average molecular weight is 221 g/mol. The fourth-order valence-corrected chi connectivity index (χ4v) is 2.16. The summed E-state index contributed by atoms with van der Waals surface area (Å²) in [6, 6.07) is 0. The van der Waals surface area contributed by atoms with E-state index in [0.29, 0.717) is 0 Å². The smallest absolute Gasteiger partial charge is 0.224 e. The van der Waals surface area contributed by atoms with E-state index in [9.17, 15) is 4.79 Å². The van der Waals surface area contributed by atoms with Gasteiger partial charge in [0.25, 0.3) is 0 Å². The number of rotatable bonds is 2. The molecule has 0 heterocycles. The van der Waals surface area contributed by atoms with Crippen molar-refractivity contribution in [2.24, 2.45) is 5.92 Å². The van der Waals surface area contributed by atoms with E-state index in [0.717, 1.165) is 12.8 Å². The third-order valence-corrected chi connectivity index (χ3v) is 3.27. The zero-order valence-electron chi connectivity index (χ0n) is 10.5. The Morgan fingerprint density at radius 3 is 2.19 bits per heavy atom. The predicted octanol–water partition coefficient (Wildman–Crippen LogP) is 2.87. The second-order valence-corrected chi connectivity index (χ2v) is 5.30. The number of nitrogens with one attached hydrogen (secondary N) is 1. The number of carbonyl (C=O) groups excluding carboxylic acids is 1. The molecule has 0 aromatic heterocycles. The van der Waals surface area contributed by atoms with E-state index in [-0.39, 0.29) is 11.8 Å². The van der Waals surface area contributed by atoms with Gasteiger partial charge in [0.05, 0.1) is 5.54 Å². The van der Waals surface area contributed by atoms with Gasteiger partial charge in [-0.3, -0.25) is 4.79 Å².